The fourth-order valence-electron chi connectivity index (χ4n) is 2.49. The molecule has 0 bridgehead atoms. The van der Waals surface area contributed by atoms with Gasteiger partial charge in [-0.1, -0.05) is 18.2 Å². The molecule has 2 aromatic carbocycles. The number of ether oxygens (including phenoxy) is 1. The summed E-state index contributed by atoms with van der Waals surface area (Å²) in [5.41, 5.74) is 2.84. The molecular weight excluding hydrogens is 306 g/mol. The number of aromatic nitrogens is 1. The molecule has 0 unspecified atom stereocenters. The summed E-state index contributed by atoms with van der Waals surface area (Å²) in [6.45, 7) is 2.65. The van der Waals surface area contributed by atoms with E-state index in [1.165, 1.54) is 0 Å². The second-order valence-electron chi connectivity index (χ2n) is 5.14. The van der Waals surface area contributed by atoms with Crippen LogP contribution in [0, 0.1) is 0 Å². The van der Waals surface area contributed by atoms with Crippen LogP contribution in [0.5, 0.6) is 5.75 Å². The van der Waals surface area contributed by atoms with Gasteiger partial charge < -0.3 is 9.15 Å². The van der Waals surface area contributed by atoms with Crippen LogP contribution in [0.4, 0.5) is 0 Å². The summed E-state index contributed by atoms with van der Waals surface area (Å²) in [6, 6.07) is 18.0. The Kier molecular flexibility index (Phi) is 3.60. The average Bonchev–Trinajstić information content (AvgIpc) is 3.22. The van der Waals surface area contributed by atoms with E-state index >= 15 is 0 Å². The van der Waals surface area contributed by atoms with Gasteiger partial charge in [0.1, 0.15) is 22.0 Å². The van der Waals surface area contributed by atoms with Crippen molar-refractivity contribution >= 4 is 22.3 Å². The van der Waals surface area contributed by atoms with Gasteiger partial charge in [0.25, 0.3) is 0 Å². The summed E-state index contributed by atoms with van der Waals surface area (Å²) >= 11 is 1.61. The number of para-hydroxylation sites is 1. The molecule has 23 heavy (non-hydrogen) atoms. The van der Waals surface area contributed by atoms with Crippen molar-refractivity contribution in [1.29, 1.82) is 0 Å². The smallest absolute Gasteiger partial charge is 0.154 e. The van der Waals surface area contributed by atoms with E-state index in [-0.39, 0.29) is 0 Å². The summed E-state index contributed by atoms with van der Waals surface area (Å²) in [5.74, 6) is 1.69. The Morgan fingerprint density at radius 1 is 1.09 bits per heavy atom. The maximum absolute atomic E-state index is 5.88. The second-order valence-corrected chi connectivity index (χ2v) is 6.00. The Balaban J connectivity index is 1.65. The molecule has 114 valence electrons. The van der Waals surface area contributed by atoms with E-state index in [0.29, 0.717) is 6.61 Å². The molecule has 4 heteroatoms. The maximum atomic E-state index is 5.88. The summed E-state index contributed by atoms with van der Waals surface area (Å²) in [4.78, 5) is 4.71. The number of furan rings is 1. The topological polar surface area (TPSA) is 35.3 Å². The predicted molar refractivity (Wildman–Crippen MR) is 93.9 cm³/mol. The van der Waals surface area contributed by atoms with Gasteiger partial charge in [0, 0.05) is 16.3 Å². The molecule has 4 aromatic rings. The lowest BCUT2D eigenvalue weighted by atomic mass is 10.2. The largest absolute Gasteiger partial charge is 0.494 e. The van der Waals surface area contributed by atoms with E-state index in [1.54, 1.807) is 11.3 Å². The molecule has 0 saturated carbocycles. The van der Waals surface area contributed by atoms with Crippen molar-refractivity contribution in [2.24, 2.45) is 0 Å². The quantitative estimate of drug-likeness (QED) is 0.489. The maximum Gasteiger partial charge on any atom is 0.154 e. The van der Waals surface area contributed by atoms with Crippen molar-refractivity contribution in [3.63, 3.8) is 0 Å². The third kappa shape index (κ3) is 2.73. The minimum absolute atomic E-state index is 0.673. The van der Waals surface area contributed by atoms with Crippen molar-refractivity contribution in [3.05, 3.63) is 60.0 Å². The summed E-state index contributed by atoms with van der Waals surface area (Å²) in [6.07, 6.45) is 0. The van der Waals surface area contributed by atoms with Crippen LogP contribution >= 0.6 is 11.3 Å². The number of rotatable bonds is 4. The van der Waals surface area contributed by atoms with Crippen LogP contribution in [0.25, 0.3) is 33.0 Å². The Hall–Kier alpha value is -2.59. The van der Waals surface area contributed by atoms with E-state index in [4.69, 9.17) is 14.1 Å². The molecule has 0 aliphatic rings. The van der Waals surface area contributed by atoms with Crippen LogP contribution < -0.4 is 4.74 Å². The Morgan fingerprint density at radius 2 is 1.91 bits per heavy atom. The summed E-state index contributed by atoms with van der Waals surface area (Å²) in [7, 11) is 0. The highest BCUT2D eigenvalue weighted by atomic mass is 32.1. The van der Waals surface area contributed by atoms with E-state index in [0.717, 1.165) is 38.7 Å². The standard InChI is InChI=1S/C19H15NO2S/c1-2-21-15-9-7-13(8-10-15)19-20-16(12-23-19)18-11-14-5-3-4-6-17(14)22-18/h3-12H,2H2,1H3. The zero-order valence-corrected chi connectivity index (χ0v) is 13.5. The van der Waals surface area contributed by atoms with Crippen molar-refractivity contribution in [2.45, 2.75) is 6.92 Å². The normalized spacial score (nSPS) is 11.0. The molecule has 0 aliphatic heterocycles. The second kappa shape index (κ2) is 5.89. The highest BCUT2D eigenvalue weighted by Gasteiger charge is 2.11. The first kappa shape index (κ1) is 14.0. The van der Waals surface area contributed by atoms with Gasteiger partial charge in [0.2, 0.25) is 0 Å². The van der Waals surface area contributed by atoms with Gasteiger partial charge in [-0.3, -0.25) is 0 Å². The zero-order chi connectivity index (χ0) is 15.6. The van der Waals surface area contributed by atoms with Gasteiger partial charge in [-0.2, -0.15) is 0 Å². The van der Waals surface area contributed by atoms with Crippen molar-refractivity contribution in [2.75, 3.05) is 6.61 Å². The number of fused-ring (bicyclic) bond motifs is 1. The molecule has 0 atom stereocenters. The molecule has 0 amide bonds. The highest BCUT2D eigenvalue weighted by Crippen LogP contribution is 2.32. The van der Waals surface area contributed by atoms with Crippen LogP contribution in [-0.2, 0) is 0 Å². The molecule has 3 nitrogen and oxygen atoms in total. The van der Waals surface area contributed by atoms with E-state index in [1.807, 2.05) is 66.9 Å². The number of hydrogen-bond acceptors (Lipinski definition) is 4. The van der Waals surface area contributed by atoms with Gasteiger partial charge in [0.05, 0.1) is 6.61 Å². The molecule has 0 radical (unpaired) electrons. The number of benzene rings is 2. The van der Waals surface area contributed by atoms with Crippen LogP contribution in [0.1, 0.15) is 6.92 Å². The van der Waals surface area contributed by atoms with Crippen molar-refractivity contribution < 1.29 is 9.15 Å². The predicted octanol–water partition coefficient (Wildman–Crippen LogP) is 5.62. The van der Waals surface area contributed by atoms with E-state index in [2.05, 4.69) is 0 Å². The first-order valence-electron chi connectivity index (χ1n) is 7.51. The molecule has 4 rings (SSSR count). The zero-order valence-electron chi connectivity index (χ0n) is 12.7. The van der Waals surface area contributed by atoms with Gasteiger partial charge in [0.15, 0.2) is 5.76 Å². The molecule has 0 spiro atoms. The minimum atomic E-state index is 0.673. The molecule has 2 aromatic heterocycles. The third-order valence-electron chi connectivity index (χ3n) is 3.59. The molecule has 2 heterocycles. The summed E-state index contributed by atoms with van der Waals surface area (Å²) in [5, 5.41) is 4.10. The third-order valence-corrected chi connectivity index (χ3v) is 4.49. The SMILES string of the molecule is CCOc1ccc(-c2nc(-c3cc4ccccc4o3)cs2)cc1. The monoisotopic (exact) mass is 321 g/mol. The first-order valence-corrected chi connectivity index (χ1v) is 8.39. The van der Waals surface area contributed by atoms with Crippen molar-refractivity contribution in [1.82, 2.24) is 4.98 Å². The van der Waals surface area contributed by atoms with Gasteiger partial charge >= 0.3 is 0 Å². The van der Waals surface area contributed by atoms with E-state index < -0.39 is 0 Å². The minimum Gasteiger partial charge on any atom is -0.494 e. The van der Waals surface area contributed by atoms with Crippen molar-refractivity contribution in [3.8, 4) is 27.8 Å². The molecule has 0 N–H and O–H groups in total. The highest BCUT2D eigenvalue weighted by molar-refractivity contribution is 7.13. The van der Waals surface area contributed by atoms with Gasteiger partial charge in [-0.25, -0.2) is 4.98 Å². The molecule has 0 aliphatic carbocycles. The van der Waals surface area contributed by atoms with Crippen LogP contribution in [-0.4, -0.2) is 11.6 Å². The van der Waals surface area contributed by atoms with Crippen LogP contribution in [0.15, 0.2) is 64.4 Å². The lowest BCUT2D eigenvalue weighted by molar-refractivity contribution is 0.340. The summed E-state index contributed by atoms with van der Waals surface area (Å²) < 4.78 is 11.4. The average molecular weight is 321 g/mol. The fraction of sp³-hybridized carbons (Fsp3) is 0.105. The Labute approximate surface area is 138 Å². The molecular formula is C19H15NO2S. The Morgan fingerprint density at radius 3 is 2.70 bits per heavy atom. The van der Waals surface area contributed by atoms with Crippen LogP contribution in [0.2, 0.25) is 0 Å². The number of thiazole rings is 1. The lowest BCUT2D eigenvalue weighted by Crippen LogP contribution is -1.90. The fourth-order valence-corrected chi connectivity index (χ4v) is 3.30. The van der Waals surface area contributed by atoms with Gasteiger partial charge in [-0.05, 0) is 43.3 Å². The molecule has 0 saturated heterocycles. The Bertz CT molecular complexity index is 904. The number of nitrogens with zero attached hydrogens (tertiary/aromatic N) is 1. The first-order chi connectivity index (χ1) is 11.3. The van der Waals surface area contributed by atoms with E-state index in [9.17, 15) is 0 Å². The number of hydrogen-bond donors (Lipinski definition) is 0. The molecule has 0 fully saturated rings. The lowest BCUT2D eigenvalue weighted by Gasteiger charge is -2.02. The van der Waals surface area contributed by atoms with Crippen LogP contribution in [0.3, 0.4) is 0 Å². The van der Waals surface area contributed by atoms with Gasteiger partial charge in [-0.15, -0.1) is 11.3 Å².